The van der Waals surface area contributed by atoms with Gasteiger partial charge in [-0.25, -0.2) is 4.98 Å². The number of ketones is 1. The van der Waals surface area contributed by atoms with Crippen LogP contribution in [0.3, 0.4) is 0 Å². The van der Waals surface area contributed by atoms with Gasteiger partial charge in [0.15, 0.2) is 11.5 Å². The van der Waals surface area contributed by atoms with Crippen LogP contribution in [0.5, 0.6) is 0 Å². The number of amides is 1. The fraction of sp³-hybridized carbons (Fsp3) is 0.105. The molecule has 1 atom stereocenters. The number of aliphatic hydroxyl groups is 1. The highest BCUT2D eigenvalue weighted by molar-refractivity contribution is 14.1. The SMILES string of the molecule is CC(=O)C1=C(O)C(=O)N(c2ccc3nc[nH]c3c2)C1c1ccc(I)cc1. The number of carbonyl (C=O) groups is 2. The van der Waals surface area contributed by atoms with E-state index in [0.717, 1.165) is 20.2 Å². The molecule has 1 aliphatic rings. The van der Waals surface area contributed by atoms with E-state index in [-0.39, 0.29) is 11.4 Å². The third kappa shape index (κ3) is 2.59. The lowest BCUT2D eigenvalue weighted by atomic mass is 9.96. The van der Waals surface area contributed by atoms with Crippen molar-refractivity contribution in [1.82, 2.24) is 9.97 Å². The number of nitrogens with zero attached hydrogens (tertiary/aromatic N) is 2. The molecule has 1 amide bonds. The van der Waals surface area contributed by atoms with Gasteiger partial charge in [-0.15, -0.1) is 0 Å². The fourth-order valence-electron chi connectivity index (χ4n) is 3.26. The highest BCUT2D eigenvalue weighted by atomic mass is 127. The number of hydrogen-bond acceptors (Lipinski definition) is 4. The summed E-state index contributed by atoms with van der Waals surface area (Å²) in [4.78, 5) is 33.6. The van der Waals surface area contributed by atoms with E-state index < -0.39 is 17.7 Å². The van der Waals surface area contributed by atoms with Gasteiger partial charge in [0.2, 0.25) is 0 Å². The first kappa shape index (κ1) is 16.8. The summed E-state index contributed by atoms with van der Waals surface area (Å²) in [5, 5.41) is 10.4. The van der Waals surface area contributed by atoms with Gasteiger partial charge in [-0.2, -0.15) is 0 Å². The minimum Gasteiger partial charge on any atom is -0.503 e. The van der Waals surface area contributed by atoms with Crippen LogP contribution >= 0.6 is 22.6 Å². The molecule has 1 aromatic heterocycles. The highest BCUT2D eigenvalue weighted by Gasteiger charge is 2.43. The number of rotatable bonds is 3. The van der Waals surface area contributed by atoms with Gasteiger partial charge < -0.3 is 10.1 Å². The van der Waals surface area contributed by atoms with Crippen LogP contribution in [0.25, 0.3) is 11.0 Å². The van der Waals surface area contributed by atoms with Crippen LogP contribution in [0, 0.1) is 3.57 Å². The maximum absolute atomic E-state index is 12.8. The molecule has 2 N–H and O–H groups in total. The maximum Gasteiger partial charge on any atom is 0.294 e. The number of fused-ring (bicyclic) bond motifs is 1. The minimum absolute atomic E-state index is 0.112. The van der Waals surface area contributed by atoms with Crippen molar-refractivity contribution in [2.45, 2.75) is 13.0 Å². The van der Waals surface area contributed by atoms with Crippen molar-refractivity contribution in [2.24, 2.45) is 0 Å². The van der Waals surface area contributed by atoms with Crippen LogP contribution < -0.4 is 4.90 Å². The molecule has 6 nitrogen and oxygen atoms in total. The van der Waals surface area contributed by atoms with E-state index in [4.69, 9.17) is 0 Å². The summed E-state index contributed by atoms with van der Waals surface area (Å²) in [6.45, 7) is 1.36. The monoisotopic (exact) mass is 459 g/mol. The Hall–Kier alpha value is -2.68. The molecule has 1 aliphatic heterocycles. The molecule has 130 valence electrons. The molecule has 0 radical (unpaired) electrons. The molecular formula is C19H14IN3O3. The number of aromatic amines is 1. The number of aromatic nitrogens is 2. The topological polar surface area (TPSA) is 86.3 Å². The van der Waals surface area contributed by atoms with Crippen LogP contribution in [0.2, 0.25) is 0 Å². The van der Waals surface area contributed by atoms with Crippen molar-refractivity contribution in [1.29, 1.82) is 0 Å². The zero-order chi connectivity index (χ0) is 18.4. The Labute approximate surface area is 162 Å². The summed E-state index contributed by atoms with van der Waals surface area (Å²) in [5.74, 6) is -1.41. The second-order valence-corrected chi connectivity index (χ2v) is 7.30. The lowest BCUT2D eigenvalue weighted by Gasteiger charge is -2.26. The number of anilines is 1. The summed E-state index contributed by atoms with van der Waals surface area (Å²) in [7, 11) is 0. The lowest BCUT2D eigenvalue weighted by Crippen LogP contribution is -2.30. The van der Waals surface area contributed by atoms with Crippen molar-refractivity contribution in [2.75, 3.05) is 4.90 Å². The Kier molecular flexibility index (Phi) is 4.03. The Balaban J connectivity index is 1.89. The molecule has 0 bridgehead atoms. The van der Waals surface area contributed by atoms with Crippen molar-refractivity contribution in [3.05, 3.63) is 69.3 Å². The number of nitrogens with one attached hydrogen (secondary N) is 1. The van der Waals surface area contributed by atoms with Crippen LogP contribution in [-0.4, -0.2) is 26.8 Å². The van der Waals surface area contributed by atoms with Gasteiger partial charge in [0.05, 0.1) is 29.0 Å². The standard InChI is InChI=1S/C19H14IN3O3/c1-10(24)16-17(11-2-4-12(20)5-3-11)23(19(26)18(16)25)13-6-7-14-15(8-13)22-9-21-14/h2-9,17,25H,1H3,(H,21,22). The van der Waals surface area contributed by atoms with E-state index in [0.29, 0.717) is 5.69 Å². The number of halogens is 1. The average Bonchev–Trinajstić information content (AvgIpc) is 3.18. The molecule has 0 saturated heterocycles. The van der Waals surface area contributed by atoms with Crippen LogP contribution in [0.4, 0.5) is 5.69 Å². The second-order valence-electron chi connectivity index (χ2n) is 6.05. The minimum atomic E-state index is -0.669. The average molecular weight is 459 g/mol. The first-order valence-electron chi connectivity index (χ1n) is 7.93. The Bertz CT molecular complexity index is 1070. The van der Waals surface area contributed by atoms with Gasteiger partial charge >= 0.3 is 0 Å². The predicted octanol–water partition coefficient (Wildman–Crippen LogP) is 3.66. The zero-order valence-electron chi connectivity index (χ0n) is 13.7. The first-order chi connectivity index (χ1) is 12.5. The number of Topliss-reactive ketones (excluding diaryl/α,β-unsaturated/α-hetero) is 1. The molecule has 7 heteroatoms. The van der Waals surface area contributed by atoms with E-state index in [9.17, 15) is 14.7 Å². The maximum atomic E-state index is 12.8. The molecular weight excluding hydrogens is 445 g/mol. The van der Waals surface area contributed by atoms with Crippen LogP contribution in [0.15, 0.2) is 60.1 Å². The van der Waals surface area contributed by atoms with Crippen molar-refractivity contribution in [3.8, 4) is 0 Å². The third-order valence-electron chi connectivity index (χ3n) is 4.46. The number of H-pyrrole nitrogens is 1. The summed E-state index contributed by atoms with van der Waals surface area (Å²) in [6, 6.07) is 12.2. The molecule has 26 heavy (non-hydrogen) atoms. The van der Waals surface area contributed by atoms with E-state index in [1.807, 2.05) is 24.3 Å². The Morgan fingerprint density at radius 2 is 1.96 bits per heavy atom. The molecule has 3 aromatic rings. The predicted molar refractivity (Wildman–Crippen MR) is 106 cm³/mol. The smallest absolute Gasteiger partial charge is 0.294 e. The van der Waals surface area contributed by atoms with Gasteiger partial charge in [0.25, 0.3) is 5.91 Å². The third-order valence-corrected chi connectivity index (χ3v) is 5.17. The quantitative estimate of drug-likeness (QED) is 0.586. The molecule has 4 rings (SSSR count). The fourth-order valence-corrected chi connectivity index (χ4v) is 3.62. The number of imidazole rings is 1. The molecule has 0 saturated carbocycles. The molecule has 2 heterocycles. The molecule has 1 unspecified atom stereocenters. The Morgan fingerprint density at radius 1 is 1.23 bits per heavy atom. The van der Waals surface area contributed by atoms with Gasteiger partial charge in [-0.3, -0.25) is 14.5 Å². The number of benzene rings is 2. The van der Waals surface area contributed by atoms with Crippen LogP contribution in [-0.2, 0) is 9.59 Å². The number of carbonyl (C=O) groups excluding carboxylic acids is 2. The molecule has 2 aromatic carbocycles. The lowest BCUT2D eigenvalue weighted by molar-refractivity contribution is -0.117. The van der Waals surface area contributed by atoms with Crippen molar-refractivity contribution < 1.29 is 14.7 Å². The summed E-state index contributed by atoms with van der Waals surface area (Å²) in [5.41, 5.74) is 3.00. The van der Waals surface area contributed by atoms with Crippen LogP contribution in [0.1, 0.15) is 18.5 Å². The summed E-state index contributed by atoms with van der Waals surface area (Å²) >= 11 is 2.19. The summed E-state index contributed by atoms with van der Waals surface area (Å²) in [6.07, 6.45) is 1.58. The number of aliphatic hydroxyl groups excluding tert-OH is 1. The molecule has 0 fully saturated rings. The van der Waals surface area contributed by atoms with Gasteiger partial charge in [0.1, 0.15) is 0 Å². The normalized spacial score (nSPS) is 17.4. The van der Waals surface area contributed by atoms with E-state index in [1.54, 1.807) is 24.5 Å². The van der Waals surface area contributed by atoms with E-state index >= 15 is 0 Å². The van der Waals surface area contributed by atoms with Gasteiger partial charge in [0, 0.05) is 9.26 Å². The molecule has 0 spiro atoms. The molecule has 0 aliphatic carbocycles. The zero-order valence-corrected chi connectivity index (χ0v) is 15.9. The second kappa shape index (κ2) is 6.24. The largest absolute Gasteiger partial charge is 0.503 e. The highest BCUT2D eigenvalue weighted by Crippen LogP contribution is 2.41. The van der Waals surface area contributed by atoms with Gasteiger partial charge in [-0.1, -0.05) is 12.1 Å². The van der Waals surface area contributed by atoms with E-state index in [2.05, 4.69) is 32.6 Å². The Morgan fingerprint density at radius 3 is 2.65 bits per heavy atom. The first-order valence-corrected chi connectivity index (χ1v) is 9.01. The van der Waals surface area contributed by atoms with E-state index in [1.165, 1.54) is 11.8 Å². The van der Waals surface area contributed by atoms with Crippen molar-refractivity contribution in [3.63, 3.8) is 0 Å². The van der Waals surface area contributed by atoms with Crippen molar-refractivity contribution >= 4 is 51.0 Å². The van der Waals surface area contributed by atoms with Gasteiger partial charge in [-0.05, 0) is 65.4 Å². The summed E-state index contributed by atoms with van der Waals surface area (Å²) < 4.78 is 1.04. The number of hydrogen-bond donors (Lipinski definition) is 2.